The Morgan fingerprint density at radius 3 is 2.50 bits per heavy atom. The number of aromatic nitrogens is 4. The van der Waals surface area contributed by atoms with Crippen LogP contribution in [0, 0.1) is 0 Å². The standard InChI is InChI=1S/C37H51N7O6/c1-3-4-20-50-36-40-34(38)33-35(41-36)44(37(46)39-33)27-28-11-13-31(14-12-28)49-21-6-5-15-43(17-8-16-42-18-22-48-23-19-42)26-30-10-7-9-29(24-30)25-32(45)47-2/h7,9-14,24H,3-6,8,15-23,25-27H2,1-2H3,(H,39,46)(H2,38,40,41). The summed E-state index contributed by atoms with van der Waals surface area (Å²) in [5, 5.41) is 0. The molecule has 0 saturated carbocycles. The first kappa shape index (κ1) is 36.8. The van der Waals surface area contributed by atoms with Gasteiger partial charge in [0.05, 0.1) is 46.5 Å². The van der Waals surface area contributed by atoms with E-state index in [1.807, 2.05) is 36.4 Å². The zero-order valence-corrected chi connectivity index (χ0v) is 29.4. The number of esters is 1. The summed E-state index contributed by atoms with van der Waals surface area (Å²) in [6, 6.07) is 16.2. The zero-order chi connectivity index (χ0) is 35.1. The van der Waals surface area contributed by atoms with Gasteiger partial charge < -0.3 is 29.7 Å². The molecule has 50 heavy (non-hydrogen) atoms. The molecule has 0 amide bonds. The number of nitrogens with one attached hydrogen (secondary N) is 1. The number of nitrogen functional groups attached to an aromatic ring is 1. The number of carbonyl (C=O) groups excluding carboxylic acids is 1. The number of imidazole rings is 1. The smallest absolute Gasteiger partial charge is 0.328 e. The van der Waals surface area contributed by atoms with Gasteiger partial charge in [0, 0.05) is 19.6 Å². The summed E-state index contributed by atoms with van der Waals surface area (Å²) < 4.78 is 23.6. The predicted octanol–water partition coefficient (Wildman–Crippen LogP) is 4.03. The van der Waals surface area contributed by atoms with Crippen LogP contribution in [0.3, 0.4) is 0 Å². The normalized spacial score (nSPS) is 13.6. The van der Waals surface area contributed by atoms with Gasteiger partial charge in [-0.1, -0.05) is 49.7 Å². The van der Waals surface area contributed by atoms with Gasteiger partial charge in [-0.3, -0.25) is 19.2 Å². The maximum absolute atomic E-state index is 12.8. The summed E-state index contributed by atoms with van der Waals surface area (Å²) >= 11 is 0. The molecular weight excluding hydrogens is 638 g/mol. The third-order valence-corrected chi connectivity index (χ3v) is 8.79. The molecule has 270 valence electrons. The molecule has 1 aliphatic heterocycles. The fourth-order valence-corrected chi connectivity index (χ4v) is 6.00. The van der Waals surface area contributed by atoms with Crippen molar-refractivity contribution < 1.29 is 23.7 Å². The van der Waals surface area contributed by atoms with Crippen molar-refractivity contribution >= 4 is 23.0 Å². The number of fused-ring (bicyclic) bond motifs is 1. The van der Waals surface area contributed by atoms with Gasteiger partial charge >= 0.3 is 17.7 Å². The first-order valence-corrected chi connectivity index (χ1v) is 17.7. The number of hydrogen-bond donors (Lipinski definition) is 2. The third kappa shape index (κ3) is 11.0. The molecular formula is C37H51N7O6. The lowest BCUT2D eigenvalue weighted by atomic mass is 10.1. The second-order valence-corrected chi connectivity index (χ2v) is 12.7. The molecule has 0 spiro atoms. The lowest BCUT2D eigenvalue weighted by Gasteiger charge is -2.28. The molecule has 0 bridgehead atoms. The molecule has 0 unspecified atom stereocenters. The fourth-order valence-electron chi connectivity index (χ4n) is 6.00. The summed E-state index contributed by atoms with van der Waals surface area (Å²) in [6.45, 7) is 10.9. The number of aromatic amines is 1. The highest BCUT2D eigenvalue weighted by Crippen LogP contribution is 2.20. The van der Waals surface area contributed by atoms with Crippen molar-refractivity contribution in [3.05, 3.63) is 75.7 Å². The number of carbonyl (C=O) groups is 1. The Balaban J connectivity index is 1.11. The van der Waals surface area contributed by atoms with E-state index in [0.29, 0.717) is 30.9 Å². The van der Waals surface area contributed by atoms with Crippen LogP contribution in [0.1, 0.15) is 55.7 Å². The second-order valence-electron chi connectivity index (χ2n) is 12.7. The maximum atomic E-state index is 12.8. The Kier molecular flexibility index (Phi) is 14.0. The van der Waals surface area contributed by atoms with Crippen LogP contribution in [0.2, 0.25) is 0 Å². The molecule has 1 saturated heterocycles. The van der Waals surface area contributed by atoms with E-state index in [1.165, 1.54) is 17.2 Å². The van der Waals surface area contributed by atoms with E-state index in [2.05, 4.69) is 43.8 Å². The number of methoxy groups -OCH3 is 1. The van der Waals surface area contributed by atoms with E-state index >= 15 is 0 Å². The SMILES string of the molecule is CCCCOc1nc(N)c2[nH]c(=O)n(Cc3ccc(OCCCCN(CCCN4CCOCC4)Cc4cccc(CC(=O)OC)c4)cc3)c2n1. The van der Waals surface area contributed by atoms with E-state index in [9.17, 15) is 9.59 Å². The van der Waals surface area contributed by atoms with Gasteiger partial charge in [0.15, 0.2) is 11.5 Å². The van der Waals surface area contributed by atoms with Crippen LogP contribution in [0.5, 0.6) is 11.8 Å². The second kappa shape index (κ2) is 19.1. The van der Waals surface area contributed by atoms with Gasteiger partial charge in [0.25, 0.3) is 0 Å². The van der Waals surface area contributed by atoms with Gasteiger partial charge in [0.2, 0.25) is 0 Å². The molecule has 4 aromatic rings. The number of ether oxygens (including phenoxy) is 4. The molecule has 13 heteroatoms. The average Bonchev–Trinajstić information content (AvgIpc) is 3.44. The molecule has 1 fully saturated rings. The molecule has 13 nitrogen and oxygen atoms in total. The van der Waals surface area contributed by atoms with Gasteiger partial charge in [-0.25, -0.2) is 4.79 Å². The van der Waals surface area contributed by atoms with Gasteiger partial charge in [-0.05, 0) is 74.1 Å². The van der Waals surface area contributed by atoms with Gasteiger partial charge in [0.1, 0.15) is 11.3 Å². The highest BCUT2D eigenvalue weighted by atomic mass is 16.5. The van der Waals surface area contributed by atoms with Crippen LogP contribution in [0.25, 0.3) is 11.2 Å². The Bertz CT molecular complexity index is 1700. The van der Waals surface area contributed by atoms with Crippen molar-refractivity contribution in [2.75, 3.05) is 72.0 Å². The van der Waals surface area contributed by atoms with Crippen LogP contribution >= 0.6 is 0 Å². The van der Waals surface area contributed by atoms with Crippen LogP contribution in [0.4, 0.5) is 5.82 Å². The van der Waals surface area contributed by atoms with E-state index in [-0.39, 0.29) is 29.9 Å². The molecule has 2 aromatic heterocycles. The molecule has 0 radical (unpaired) electrons. The molecule has 0 atom stereocenters. The molecule has 1 aliphatic rings. The zero-order valence-electron chi connectivity index (χ0n) is 29.4. The number of nitrogens with two attached hydrogens (primary N) is 1. The Morgan fingerprint density at radius 1 is 0.960 bits per heavy atom. The van der Waals surface area contributed by atoms with Crippen LogP contribution in [-0.2, 0) is 33.8 Å². The third-order valence-electron chi connectivity index (χ3n) is 8.79. The number of unbranched alkanes of at least 4 members (excludes halogenated alkanes) is 2. The van der Waals surface area contributed by atoms with Crippen LogP contribution < -0.4 is 20.9 Å². The van der Waals surface area contributed by atoms with Crippen molar-refractivity contribution in [3.63, 3.8) is 0 Å². The number of hydrogen-bond acceptors (Lipinski definition) is 11. The summed E-state index contributed by atoms with van der Waals surface area (Å²) in [5.41, 5.74) is 9.69. The number of morpholine rings is 1. The minimum atomic E-state index is -0.309. The number of rotatable bonds is 20. The largest absolute Gasteiger partial charge is 0.494 e. The van der Waals surface area contributed by atoms with Crippen molar-refractivity contribution in [1.29, 1.82) is 0 Å². The topological polar surface area (TPSA) is 150 Å². The molecule has 2 aromatic carbocycles. The predicted molar refractivity (Wildman–Crippen MR) is 193 cm³/mol. The fraction of sp³-hybridized carbons (Fsp3) is 0.514. The molecule has 3 heterocycles. The van der Waals surface area contributed by atoms with E-state index in [1.54, 1.807) is 0 Å². The quantitative estimate of drug-likeness (QED) is 0.102. The molecule has 0 aliphatic carbocycles. The minimum Gasteiger partial charge on any atom is -0.494 e. The van der Waals surface area contributed by atoms with Crippen molar-refractivity contribution in [1.82, 2.24) is 29.3 Å². The minimum absolute atomic E-state index is 0.167. The average molecular weight is 690 g/mol. The highest BCUT2D eigenvalue weighted by molar-refractivity contribution is 5.82. The van der Waals surface area contributed by atoms with Crippen molar-refractivity contribution in [2.24, 2.45) is 0 Å². The molecule has 3 N–H and O–H groups in total. The van der Waals surface area contributed by atoms with Crippen LogP contribution in [-0.4, -0.2) is 102 Å². The monoisotopic (exact) mass is 689 g/mol. The summed E-state index contributed by atoms with van der Waals surface area (Å²) in [5.74, 6) is 0.733. The number of H-pyrrole nitrogens is 1. The van der Waals surface area contributed by atoms with Crippen molar-refractivity contribution in [3.8, 4) is 11.8 Å². The lowest BCUT2D eigenvalue weighted by molar-refractivity contribution is -0.139. The van der Waals surface area contributed by atoms with Crippen molar-refractivity contribution in [2.45, 2.75) is 58.5 Å². The first-order chi connectivity index (χ1) is 24.4. The summed E-state index contributed by atoms with van der Waals surface area (Å²) in [4.78, 5) is 41.0. The van der Waals surface area contributed by atoms with Crippen LogP contribution in [0.15, 0.2) is 53.3 Å². The molecule has 5 rings (SSSR count). The summed E-state index contributed by atoms with van der Waals surface area (Å²) in [6.07, 6.45) is 5.14. The Hall–Kier alpha value is -4.46. The van der Waals surface area contributed by atoms with Gasteiger partial charge in [-0.2, -0.15) is 9.97 Å². The summed E-state index contributed by atoms with van der Waals surface area (Å²) in [7, 11) is 1.42. The van der Waals surface area contributed by atoms with E-state index in [0.717, 1.165) is 101 Å². The maximum Gasteiger partial charge on any atom is 0.328 e. The lowest BCUT2D eigenvalue weighted by Crippen LogP contribution is -2.38. The Morgan fingerprint density at radius 2 is 1.72 bits per heavy atom. The highest BCUT2D eigenvalue weighted by Gasteiger charge is 2.16. The van der Waals surface area contributed by atoms with E-state index in [4.69, 9.17) is 24.7 Å². The van der Waals surface area contributed by atoms with E-state index < -0.39 is 0 Å². The first-order valence-electron chi connectivity index (χ1n) is 17.7. The Labute approximate surface area is 293 Å². The number of nitrogens with zero attached hydrogens (tertiary/aromatic N) is 5. The van der Waals surface area contributed by atoms with Gasteiger partial charge in [-0.15, -0.1) is 0 Å². The number of benzene rings is 2. The number of anilines is 1.